The van der Waals surface area contributed by atoms with Gasteiger partial charge >= 0.3 is 5.97 Å². The molecule has 1 aromatic carbocycles. The summed E-state index contributed by atoms with van der Waals surface area (Å²) in [6.45, 7) is 4.22. The Balaban J connectivity index is 1.23. The number of carbonyl (C=O) groups is 2. The molecule has 8 nitrogen and oxygen atoms in total. The van der Waals surface area contributed by atoms with Gasteiger partial charge in [-0.3, -0.25) is 9.59 Å². The van der Waals surface area contributed by atoms with Crippen LogP contribution in [0, 0.1) is 62.5 Å². The number of hydrogen-bond donors (Lipinski definition) is 1. The van der Waals surface area contributed by atoms with Gasteiger partial charge in [0.05, 0.1) is 41.6 Å². The highest BCUT2D eigenvalue weighted by Gasteiger charge is 2.71. The van der Waals surface area contributed by atoms with E-state index in [1.165, 1.54) is 17.7 Å². The molecule has 2 aromatic rings. The predicted octanol–water partition coefficient (Wildman–Crippen LogP) is 5.53. The molecule has 0 aliphatic heterocycles. The van der Waals surface area contributed by atoms with Crippen LogP contribution in [0.25, 0.3) is 11.8 Å². The summed E-state index contributed by atoms with van der Waals surface area (Å²) in [7, 11) is 0. The molecule has 44 heavy (non-hydrogen) atoms. The van der Waals surface area contributed by atoms with Crippen LogP contribution in [0.4, 0.5) is 4.39 Å². The number of allylic oxidation sites excluding steroid dienone is 1. The zero-order chi connectivity index (χ0) is 31.1. The number of halogens is 1. The van der Waals surface area contributed by atoms with Gasteiger partial charge in [0.1, 0.15) is 5.82 Å². The molecule has 4 saturated carbocycles. The Kier molecular flexibility index (Phi) is 6.66. The Hall–Kier alpha value is -3.47. The van der Waals surface area contributed by atoms with Gasteiger partial charge in [-0.25, -0.2) is 9.07 Å². The summed E-state index contributed by atoms with van der Waals surface area (Å²) in [6.07, 6.45) is 7.79. The number of aliphatic hydroxyl groups excluding tert-OH is 1. The van der Waals surface area contributed by atoms with Crippen LogP contribution in [-0.2, 0) is 20.7 Å². The third kappa shape index (κ3) is 4.00. The number of hydrogen-bond acceptors (Lipinski definition) is 8. The third-order valence-electron chi connectivity index (χ3n) is 11.8. The molecule has 228 valence electrons. The van der Waals surface area contributed by atoms with Gasteiger partial charge in [-0.05, 0) is 110 Å². The third-order valence-corrected chi connectivity index (χ3v) is 12.7. The average molecular weight is 615 g/mol. The van der Waals surface area contributed by atoms with E-state index in [1.54, 1.807) is 12.1 Å². The number of rotatable bonds is 5. The molecule has 0 radical (unpaired) electrons. The average Bonchev–Trinajstić information content (AvgIpc) is 3.63. The van der Waals surface area contributed by atoms with E-state index >= 15 is 0 Å². The molecule has 1 heterocycles. The van der Waals surface area contributed by atoms with Crippen LogP contribution in [0.15, 0.2) is 36.0 Å². The summed E-state index contributed by atoms with van der Waals surface area (Å²) in [5, 5.41) is 35.3. The molecule has 0 bridgehead atoms. The molecule has 10 heteroatoms. The first kappa shape index (κ1) is 29.3. The van der Waals surface area contributed by atoms with E-state index in [-0.39, 0.29) is 46.3 Å². The van der Waals surface area contributed by atoms with Gasteiger partial charge < -0.3 is 9.84 Å². The maximum absolute atomic E-state index is 13.9. The van der Waals surface area contributed by atoms with Crippen LogP contribution in [-0.4, -0.2) is 43.4 Å². The van der Waals surface area contributed by atoms with Crippen molar-refractivity contribution in [2.45, 2.75) is 76.9 Å². The van der Waals surface area contributed by atoms with E-state index in [1.807, 2.05) is 23.9 Å². The highest BCUT2D eigenvalue weighted by molar-refractivity contribution is 8.14. The summed E-state index contributed by atoms with van der Waals surface area (Å²) in [4.78, 5) is 27.3. The van der Waals surface area contributed by atoms with Crippen LogP contribution in [0.2, 0.25) is 0 Å². The quantitative estimate of drug-likeness (QED) is 0.435. The highest BCUT2D eigenvalue weighted by Crippen LogP contribution is 2.69. The fourth-order valence-corrected chi connectivity index (χ4v) is 10.3. The number of thioether (sulfide) groups is 1. The Morgan fingerprint density at radius 3 is 2.61 bits per heavy atom. The molecule has 7 atom stereocenters. The zero-order valence-corrected chi connectivity index (χ0v) is 25.7. The van der Waals surface area contributed by atoms with Gasteiger partial charge in [0.25, 0.3) is 0 Å². The smallest absolute Gasteiger partial charge is 0.327 e. The molecule has 5 aliphatic carbocycles. The molecule has 0 spiro atoms. The number of nitriles is 2. The van der Waals surface area contributed by atoms with Gasteiger partial charge in [-0.1, -0.05) is 31.2 Å². The van der Waals surface area contributed by atoms with E-state index in [9.17, 15) is 29.6 Å². The van der Waals surface area contributed by atoms with Crippen LogP contribution < -0.4 is 0 Å². The fourth-order valence-electron chi connectivity index (χ4n) is 9.46. The van der Waals surface area contributed by atoms with Gasteiger partial charge in [-0.2, -0.15) is 15.6 Å². The second kappa shape index (κ2) is 10.0. The first-order valence-corrected chi connectivity index (χ1v) is 16.4. The Bertz CT molecular complexity index is 1670. The lowest BCUT2D eigenvalue weighted by Crippen LogP contribution is -2.62. The predicted molar refractivity (Wildman–Crippen MR) is 160 cm³/mol. The van der Waals surface area contributed by atoms with Crippen molar-refractivity contribution < 1.29 is 23.8 Å². The summed E-state index contributed by atoms with van der Waals surface area (Å²) in [5.74, 6) is -0.954. The first-order chi connectivity index (χ1) is 21.0. The minimum Gasteiger partial charge on any atom is -0.448 e. The number of esters is 1. The van der Waals surface area contributed by atoms with Crippen molar-refractivity contribution in [3.8, 4) is 17.8 Å². The molecule has 0 amide bonds. The van der Waals surface area contributed by atoms with Crippen LogP contribution in [0.5, 0.6) is 0 Å². The highest BCUT2D eigenvalue weighted by atomic mass is 32.2. The molecule has 7 rings (SSSR count). The van der Waals surface area contributed by atoms with Gasteiger partial charge in [0, 0.05) is 5.41 Å². The summed E-state index contributed by atoms with van der Waals surface area (Å²) in [5.41, 5.74) is 0.249. The zero-order valence-electron chi connectivity index (χ0n) is 24.9. The van der Waals surface area contributed by atoms with E-state index in [2.05, 4.69) is 24.2 Å². The second-order valence-corrected chi connectivity index (χ2v) is 14.9. The van der Waals surface area contributed by atoms with E-state index in [0.717, 1.165) is 41.5 Å². The molecular formula is C34H35FN4O4S. The first-order valence-electron chi connectivity index (χ1n) is 15.4. The monoisotopic (exact) mass is 614 g/mol. The molecule has 5 unspecified atom stereocenters. The maximum atomic E-state index is 13.9. The Labute approximate surface area is 260 Å². The molecule has 5 aliphatic rings. The number of ether oxygens (including phenoxy) is 1. The van der Waals surface area contributed by atoms with Crippen molar-refractivity contribution in [1.29, 1.82) is 10.5 Å². The number of benzene rings is 1. The minimum atomic E-state index is -1.50. The summed E-state index contributed by atoms with van der Waals surface area (Å²) >= 11 is 0.868. The SMILES string of the molecule is CC12Cc3cnn(-c4ccc(F)cc4)c3C=C1CCC1[C@@H]2C(O)CC2(C)[C@H]1CCC2(OC(=O)C1(C#N)CC1)C(=O)SCC#N. The van der Waals surface area contributed by atoms with Crippen molar-refractivity contribution in [2.24, 2.45) is 34.0 Å². The lowest BCUT2D eigenvalue weighted by atomic mass is 9.45. The maximum Gasteiger partial charge on any atom is 0.327 e. The van der Waals surface area contributed by atoms with Gasteiger partial charge in [0.2, 0.25) is 5.12 Å². The Morgan fingerprint density at radius 1 is 1.18 bits per heavy atom. The number of aromatic nitrogens is 2. The normalized spacial score (nSPS) is 35.9. The number of fused-ring (bicyclic) bond motifs is 6. The van der Waals surface area contributed by atoms with Crippen molar-refractivity contribution in [3.63, 3.8) is 0 Å². The molecule has 0 saturated heterocycles. The lowest BCUT2D eigenvalue weighted by molar-refractivity contribution is -0.199. The van der Waals surface area contributed by atoms with Crippen molar-refractivity contribution in [1.82, 2.24) is 9.78 Å². The molecule has 4 fully saturated rings. The van der Waals surface area contributed by atoms with Crippen molar-refractivity contribution in [3.05, 3.63) is 53.1 Å². The summed E-state index contributed by atoms with van der Waals surface area (Å²) in [6, 6.07) is 10.4. The Morgan fingerprint density at radius 2 is 1.93 bits per heavy atom. The van der Waals surface area contributed by atoms with E-state index < -0.39 is 28.5 Å². The van der Waals surface area contributed by atoms with Crippen LogP contribution in [0.1, 0.15) is 70.1 Å². The lowest BCUT2D eigenvalue weighted by Gasteiger charge is -2.60. The summed E-state index contributed by atoms with van der Waals surface area (Å²) < 4.78 is 21.7. The van der Waals surface area contributed by atoms with Gasteiger partial charge in [0.15, 0.2) is 11.0 Å². The van der Waals surface area contributed by atoms with E-state index in [0.29, 0.717) is 32.1 Å². The van der Waals surface area contributed by atoms with Crippen LogP contribution in [0.3, 0.4) is 0 Å². The number of carbonyl (C=O) groups excluding carboxylic acids is 2. The molecule has 1 N–H and O–H groups in total. The standard InChI is InChI=1S/C34H35FN4O4S/c1-31-16-20-18-38-39(23-6-4-22(35)5-7-23)26(20)15-21(31)3-8-24-25-9-10-34(30(42)44-14-13-36,32(25,2)17-27(40)28(24)31)43-29(41)33(19-37)11-12-33/h4-7,15,18,24-25,27-28,40H,3,8-12,14,16-17H2,1-2H3/t24?,25-,27?,28+,31?,32?,34?/m0/s1. The second-order valence-electron chi connectivity index (χ2n) is 13.9. The minimum absolute atomic E-state index is 0.0225. The van der Waals surface area contributed by atoms with E-state index in [4.69, 9.17) is 4.74 Å². The van der Waals surface area contributed by atoms with Crippen LogP contribution >= 0.6 is 11.8 Å². The van der Waals surface area contributed by atoms with Crippen molar-refractivity contribution in [2.75, 3.05) is 5.75 Å². The number of aliphatic hydroxyl groups is 1. The largest absolute Gasteiger partial charge is 0.448 e. The molecule has 1 aromatic heterocycles. The van der Waals surface area contributed by atoms with Crippen molar-refractivity contribution >= 4 is 28.9 Å². The fraction of sp³-hybridized carbons (Fsp3) is 0.559. The van der Waals surface area contributed by atoms with Gasteiger partial charge in [-0.15, -0.1) is 0 Å². The number of nitrogens with zero attached hydrogens (tertiary/aromatic N) is 4. The topological polar surface area (TPSA) is 129 Å². The molecular weight excluding hydrogens is 579 g/mol.